The van der Waals surface area contributed by atoms with Gasteiger partial charge in [-0.15, -0.1) is 13.2 Å². The number of nitro benzene ring substituents is 1. The average Bonchev–Trinajstić information content (AvgIpc) is 2.84. The van der Waals surface area contributed by atoms with Crippen LogP contribution in [0.25, 0.3) is 0 Å². The molecule has 204 valence electrons. The highest BCUT2D eigenvalue weighted by molar-refractivity contribution is 7.89. The Bertz CT molecular complexity index is 1150. The van der Waals surface area contributed by atoms with Crippen molar-refractivity contribution in [3.8, 4) is 0 Å². The van der Waals surface area contributed by atoms with E-state index in [9.17, 15) is 18.5 Å². The largest absolute Gasteiger partial charge is 0.494 e. The maximum atomic E-state index is 13.0. The molecule has 0 aromatic heterocycles. The molecule has 0 fully saturated rings. The van der Waals surface area contributed by atoms with Crippen molar-refractivity contribution in [2.24, 2.45) is 5.92 Å². The second kappa shape index (κ2) is 12.8. The Hall–Kier alpha value is -2.53. The van der Waals surface area contributed by atoms with Crippen molar-refractivity contribution >= 4 is 24.0 Å². The lowest BCUT2D eigenvalue weighted by atomic mass is 9.95. The van der Waals surface area contributed by atoms with Crippen molar-refractivity contribution < 1.29 is 22.5 Å². The lowest BCUT2D eigenvalue weighted by Gasteiger charge is -2.38. The molecule has 1 aromatic carbocycles. The van der Waals surface area contributed by atoms with Gasteiger partial charge in [-0.3, -0.25) is 10.1 Å². The third kappa shape index (κ3) is 8.77. The zero-order chi connectivity index (χ0) is 27.9. The average molecular weight is 549 g/mol. The number of hydrogen-bond donors (Lipinski definition) is 1. The highest BCUT2D eigenvalue weighted by Crippen LogP contribution is 2.37. The summed E-state index contributed by atoms with van der Waals surface area (Å²) in [6.07, 6.45) is 9.79. The summed E-state index contributed by atoms with van der Waals surface area (Å²) in [6.45, 7) is 18.5. The predicted molar refractivity (Wildman–Crippen MR) is 150 cm³/mol. The normalized spacial score (nSPS) is 18.0. The van der Waals surface area contributed by atoms with Crippen LogP contribution < -0.4 is 4.72 Å². The van der Waals surface area contributed by atoms with Crippen LogP contribution >= 0.6 is 0 Å². The molecule has 1 aliphatic carbocycles. The van der Waals surface area contributed by atoms with Gasteiger partial charge in [0.2, 0.25) is 10.0 Å². The van der Waals surface area contributed by atoms with E-state index in [2.05, 4.69) is 51.7 Å². The molecule has 0 spiro atoms. The second-order valence-electron chi connectivity index (χ2n) is 10.7. The first kappa shape index (κ1) is 30.7. The fraction of sp³-hybridized carbons (Fsp3) is 0.481. The molecule has 2 rings (SSSR count). The fourth-order valence-electron chi connectivity index (χ4n) is 3.57. The first-order valence-electron chi connectivity index (χ1n) is 12.4. The van der Waals surface area contributed by atoms with E-state index in [-0.39, 0.29) is 29.0 Å². The maximum absolute atomic E-state index is 13.0. The van der Waals surface area contributed by atoms with Gasteiger partial charge < -0.3 is 9.16 Å². The molecule has 0 bridgehead atoms. The number of nitro groups is 1. The number of allylic oxidation sites excluding steroid dienone is 3. The van der Waals surface area contributed by atoms with E-state index < -0.39 is 35.1 Å². The molecule has 0 radical (unpaired) electrons. The van der Waals surface area contributed by atoms with Gasteiger partial charge in [0, 0.05) is 19.0 Å². The number of nitrogens with one attached hydrogen (secondary N) is 1. The quantitative estimate of drug-likeness (QED) is 0.135. The van der Waals surface area contributed by atoms with E-state index >= 15 is 0 Å². The molecule has 8 nitrogen and oxygen atoms in total. The number of benzene rings is 1. The van der Waals surface area contributed by atoms with Gasteiger partial charge in [-0.1, -0.05) is 45.1 Å². The lowest BCUT2D eigenvalue weighted by molar-refractivity contribution is -0.387. The molecule has 10 heteroatoms. The van der Waals surface area contributed by atoms with Crippen molar-refractivity contribution in [2.45, 2.75) is 69.2 Å². The summed E-state index contributed by atoms with van der Waals surface area (Å²) < 4.78 is 41.1. The van der Waals surface area contributed by atoms with Crippen molar-refractivity contribution in [3.05, 3.63) is 83.2 Å². The number of hydrogen-bond acceptors (Lipinski definition) is 6. The van der Waals surface area contributed by atoms with Crippen LogP contribution in [-0.4, -0.2) is 40.9 Å². The van der Waals surface area contributed by atoms with Crippen LogP contribution in [-0.2, 0) is 19.2 Å². The lowest BCUT2D eigenvalue weighted by Crippen LogP contribution is -2.43. The van der Waals surface area contributed by atoms with Gasteiger partial charge in [-0.25, -0.2) is 13.1 Å². The van der Waals surface area contributed by atoms with Gasteiger partial charge in [0.1, 0.15) is 6.61 Å². The minimum atomic E-state index is -4.16. The molecule has 0 saturated heterocycles. The highest BCUT2D eigenvalue weighted by atomic mass is 32.2. The van der Waals surface area contributed by atoms with Gasteiger partial charge in [0.05, 0.1) is 16.8 Å². The minimum Gasteiger partial charge on any atom is -0.494 e. The molecule has 2 atom stereocenters. The van der Waals surface area contributed by atoms with E-state index in [1.807, 2.05) is 18.2 Å². The van der Waals surface area contributed by atoms with Crippen LogP contribution in [0, 0.1) is 16.0 Å². The number of para-hydroxylation sites is 1. The zero-order valence-corrected chi connectivity index (χ0v) is 24.3. The molecule has 0 heterocycles. The first-order valence-corrected chi connectivity index (χ1v) is 16.8. The predicted octanol–water partition coefficient (Wildman–Crippen LogP) is 6.26. The van der Waals surface area contributed by atoms with E-state index in [0.29, 0.717) is 5.57 Å². The fourth-order valence-corrected chi connectivity index (χ4v) is 5.97. The third-order valence-electron chi connectivity index (χ3n) is 6.82. The molecule has 0 amide bonds. The molecule has 1 aromatic rings. The molecule has 0 saturated carbocycles. The summed E-state index contributed by atoms with van der Waals surface area (Å²) in [5.74, 6) is 1.08. The topological polar surface area (TPSA) is 108 Å². The van der Waals surface area contributed by atoms with E-state index in [0.717, 1.165) is 25.0 Å². The Labute approximate surface area is 222 Å². The van der Waals surface area contributed by atoms with Crippen LogP contribution in [0.2, 0.25) is 18.1 Å². The van der Waals surface area contributed by atoms with Crippen LogP contribution in [0.4, 0.5) is 5.69 Å². The number of rotatable bonds is 13. The van der Waals surface area contributed by atoms with Crippen LogP contribution in [0.3, 0.4) is 0 Å². The number of sulfonamides is 1. The molecule has 0 aliphatic heterocycles. The van der Waals surface area contributed by atoms with Crippen LogP contribution in [0.5, 0.6) is 0 Å². The van der Waals surface area contributed by atoms with Gasteiger partial charge in [0.15, 0.2) is 13.2 Å². The zero-order valence-electron chi connectivity index (χ0n) is 22.5. The number of ether oxygens (including phenoxy) is 1. The van der Waals surface area contributed by atoms with Gasteiger partial charge in [-0.2, -0.15) is 0 Å². The Morgan fingerprint density at radius 3 is 2.57 bits per heavy atom. The minimum absolute atomic E-state index is 0.0286. The van der Waals surface area contributed by atoms with Gasteiger partial charge in [-0.05, 0) is 60.7 Å². The standard InChI is InChI=1S/C27H40N2O6SSi/c1-8-21-13-12-14-24(17-21)34-20-22(18-23(9-2)35-37(6,7)27(3,4)5)19-28-36(32,33)26-16-11-10-15-25(26)29(30)31/h8-11,15-18,21,23,28H,1-2,12-14,19-20H2,3-7H3/b22-18+/t21-,23-/m0/s1. The summed E-state index contributed by atoms with van der Waals surface area (Å²) in [5.41, 5.74) is 0.150. The summed E-state index contributed by atoms with van der Waals surface area (Å²) in [7, 11) is -6.31. The van der Waals surface area contributed by atoms with E-state index in [1.165, 1.54) is 24.3 Å². The van der Waals surface area contributed by atoms with Gasteiger partial charge in [0.25, 0.3) is 5.69 Å². The Balaban J connectivity index is 2.32. The second-order valence-corrected chi connectivity index (χ2v) is 17.2. The molecule has 37 heavy (non-hydrogen) atoms. The summed E-state index contributed by atoms with van der Waals surface area (Å²) >= 11 is 0. The van der Waals surface area contributed by atoms with Crippen LogP contribution in [0.15, 0.2) is 78.0 Å². The van der Waals surface area contributed by atoms with Crippen LogP contribution in [0.1, 0.15) is 40.0 Å². The summed E-state index contributed by atoms with van der Waals surface area (Å²) in [5, 5.41) is 11.3. The molecular weight excluding hydrogens is 508 g/mol. The summed E-state index contributed by atoms with van der Waals surface area (Å²) in [4.78, 5) is 10.3. The molecule has 1 aliphatic rings. The van der Waals surface area contributed by atoms with Gasteiger partial charge >= 0.3 is 0 Å². The third-order valence-corrected chi connectivity index (χ3v) is 12.7. The highest BCUT2D eigenvalue weighted by Gasteiger charge is 2.38. The monoisotopic (exact) mass is 548 g/mol. The van der Waals surface area contributed by atoms with E-state index in [1.54, 1.807) is 6.08 Å². The molecule has 0 unspecified atom stereocenters. The Kier molecular flexibility index (Phi) is 10.6. The Morgan fingerprint density at radius 2 is 1.97 bits per heavy atom. The maximum Gasteiger partial charge on any atom is 0.289 e. The smallest absolute Gasteiger partial charge is 0.289 e. The Morgan fingerprint density at radius 1 is 1.30 bits per heavy atom. The van der Waals surface area contributed by atoms with E-state index in [4.69, 9.17) is 9.16 Å². The molecule has 1 N–H and O–H groups in total. The van der Waals surface area contributed by atoms with Crippen molar-refractivity contribution in [1.82, 2.24) is 4.72 Å². The van der Waals surface area contributed by atoms with Crippen molar-refractivity contribution in [2.75, 3.05) is 13.2 Å². The SMILES string of the molecule is C=C[C@@H]1C=C(OC/C(=C/[C@H](C=C)O[Si](C)(C)C(C)(C)C)CNS(=O)(=O)c2ccccc2[N+](=O)[O-])CCC1. The summed E-state index contributed by atoms with van der Waals surface area (Å²) in [6, 6.07) is 5.27. The van der Waals surface area contributed by atoms with Crippen molar-refractivity contribution in [1.29, 1.82) is 0 Å². The van der Waals surface area contributed by atoms with Crippen molar-refractivity contribution in [3.63, 3.8) is 0 Å². The molecular formula is C27H40N2O6SSi. The first-order chi connectivity index (χ1) is 17.2. The number of nitrogens with zero attached hydrogens (tertiary/aromatic N) is 1.